The standard InChI is InChI=1S/C19H22N2O3/c1-2-21(16-6-4-3-5-7-16)19(22)15-8-9-18(20-14-15)24-17-10-12-23-13-11-17/h3-9,14,17H,2,10-13H2,1H3. The van der Waals surface area contributed by atoms with E-state index in [4.69, 9.17) is 9.47 Å². The molecular formula is C19H22N2O3. The zero-order valence-electron chi connectivity index (χ0n) is 13.9. The van der Waals surface area contributed by atoms with Gasteiger partial charge >= 0.3 is 0 Å². The van der Waals surface area contributed by atoms with Crippen LogP contribution >= 0.6 is 0 Å². The summed E-state index contributed by atoms with van der Waals surface area (Å²) in [5, 5.41) is 0. The number of rotatable bonds is 5. The molecule has 1 aliphatic heterocycles. The van der Waals surface area contributed by atoms with E-state index in [-0.39, 0.29) is 12.0 Å². The van der Waals surface area contributed by atoms with Crippen LogP contribution < -0.4 is 9.64 Å². The van der Waals surface area contributed by atoms with Gasteiger partial charge in [0.2, 0.25) is 5.88 Å². The Morgan fingerprint density at radius 2 is 1.96 bits per heavy atom. The number of pyridine rings is 1. The van der Waals surface area contributed by atoms with Gasteiger partial charge in [0.1, 0.15) is 6.10 Å². The molecule has 1 fully saturated rings. The number of benzene rings is 1. The van der Waals surface area contributed by atoms with Crippen molar-refractivity contribution < 1.29 is 14.3 Å². The molecular weight excluding hydrogens is 304 g/mol. The molecule has 1 aromatic carbocycles. The number of hydrogen-bond acceptors (Lipinski definition) is 4. The third-order valence-corrected chi connectivity index (χ3v) is 4.07. The highest BCUT2D eigenvalue weighted by molar-refractivity contribution is 6.05. The minimum absolute atomic E-state index is 0.0613. The summed E-state index contributed by atoms with van der Waals surface area (Å²) in [4.78, 5) is 18.7. The molecule has 24 heavy (non-hydrogen) atoms. The lowest BCUT2D eigenvalue weighted by Crippen LogP contribution is -2.30. The van der Waals surface area contributed by atoms with Gasteiger partial charge in [-0.1, -0.05) is 18.2 Å². The van der Waals surface area contributed by atoms with Crippen LogP contribution in [0.3, 0.4) is 0 Å². The molecule has 1 aromatic heterocycles. The summed E-state index contributed by atoms with van der Waals surface area (Å²) in [5.41, 5.74) is 1.44. The van der Waals surface area contributed by atoms with Gasteiger partial charge in [0.15, 0.2) is 0 Å². The Labute approximate surface area is 142 Å². The van der Waals surface area contributed by atoms with E-state index < -0.39 is 0 Å². The molecule has 0 spiro atoms. The van der Waals surface area contributed by atoms with E-state index in [1.54, 1.807) is 23.2 Å². The predicted octanol–water partition coefficient (Wildman–Crippen LogP) is 3.31. The van der Waals surface area contributed by atoms with Crippen LogP contribution in [0.1, 0.15) is 30.1 Å². The van der Waals surface area contributed by atoms with Crippen LogP contribution in [-0.4, -0.2) is 36.8 Å². The van der Waals surface area contributed by atoms with Crippen molar-refractivity contribution in [3.63, 3.8) is 0 Å². The lowest BCUT2D eigenvalue weighted by molar-refractivity contribution is 0.0237. The predicted molar refractivity (Wildman–Crippen MR) is 92.5 cm³/mol. The number of amides is 1. The summed E-state index contributed by atoms with van der Waals surface area (Å²) >= 11 is 0. The van der Waals surface area contributed by atoms with Gasteiger partial charge in [-0.2, -0.15) is 0 Å². The summed E-state index contributed by atoms with van der Waals surface area (Å²) < 4.78 is 11.2. The third-order valence-electron chi connectivity index (χ3n) is 4.07. The average Bonchev–Trinajstić information content (AvgIpc) is 2.65. The number of ether oxygens (including phenoxy) is 2. The molecule has 1 amide bonds. The normalized spacial score (nSPS) is 15.0. The van der Waals surface area contributed by atoms with Crippen LogP contribution in [-0.2, 0) is 4.74 Å². The highest BCUT2D eigenvalue weighted by Gasteiger charge is 2.18. The summed E-state index contributed by atoms with van der Waals surface area (Å²) in [6.45, 7) is 4.01. The Morgan fingerprint density at radius 3 is 2.58 bits per heavy atom. The molecule has 1 aliphatic rings. The van der Waals surface area contributed by atoms with E-state index in [9.17, 15) is 4.79 Å². The maximum atomic E-state index is 12.7. The Balaban J connectivity index is 1.68. The van der Waals surface area contributed by atoms with E-state index in [0.29, 0.717) is 18.0 Å². The van der Waals surface area contributed by atoms with Crippen molar-refractivity contribution in [2.75, 3.05) is 24.7 Å². The lowest BCUT2D eigenvalue weighted by atomic mass is 10.1. The second-order valence-corrected chi connectivity index (χ2v) is 5.70. The highest BCUT2D eigenvalue weighted by atomic mass is 16.5. The minimum Gasteiger partial charge on any atom is -0.474 e. The van der Waals surface area contributed by atoms with E-state index in [0.717, 1.165) is 31.7 Å². The molecule has 2 heterocycles. The van der Waals surface area contributed by atoms with Crippen molar-refractivity contribution in [1.82, 2.24) is 4.98 Å². The summed E-state index contributed by atoms with van der Waals surface area (Å²) in [6, 6.07) is 13.2. The second kappa shape index (κ2) is 7.93. The van der Waals surface area contributed by atoms with Crippen molar-refractivity contribution in [2.24, 2.45) is 0 Å². The van der Waals surface area contributed by atoms with Gasteiger partial charge in [-0.25, -0.2) is 4.98 Å². The van der Waals surface area contributed by atoms with Gasteiger partial charge in [-0.15, -0.1) is 0 Å². The lowest BCUT2D eigenvalue weighted by Gasteiger charge is -2.23. The first-order valence-electron chi connectivity index (χ1n) is 8.35. The summed E-state index contributed by atoms with van der Waals surface area (Å²) in [6.07, 6.45) is 3.48. The van der Waals surface area contributed by atoms with E-state index >= 15 is 0 Å². The fraction of sp³-hybridized carbons (Fsp3) is 0.368. The zero-order valence-corrected chi connectivity index (χ0v) is 13.9. The Kier molecular flexibility index (Phi) is 5.43. The van der Waals surface area contributed by atoms with Gasteiger partial charge in [-0.05, 0) is 25.1 Å². The second-order valence-electron chi connectivity index (χ2n) is 5.70. The minimum atomic E-state index is -0.0613. The maximum absolute atomic E-state index is 12.7. The first kappa shape index (κ1) is 16.5. The molecule has 0 atom stereocenters. The van der Waals surface area contributed by atoms with Gasteiger partial charge in [0.25, 0.3) is 5.91 Å². The van der Waals surface area contributed by atoms with Crippen LogP contribution in [0.2, 0.25) is 0 Å². The van der Waals surface area contributed by atoms with E-state index in [1.165, 1.54) is 0 Å². The molecule has 0 saturated carbocycles. The molecule has 126 valence electrons. The molecule has 1 saturated heterocycles. The monoisotopic (exact) mass is 326 g/mol. The number of hydrogen-bond donors (Lipinski definition) is 0. The number of para-hydroxylation sites is 1. The van der Waals surface area contributed by atoms with Gasteiger partial charge < -0.3 is 14.4 Å². The molecule has 2 aromatic rings. The molecule has 0 N–H and O–H groups in total. The molecule has 0 radical (unpaired) electrons. The fourth-order valence-electron chi connectivity index (χ4n) is 2.75. The van der Waals surface area contributed by atoms with E-state index in [1.807, 2.05) is 37.3 Å². The summed E-state index contributed by atoms with van der Waals surface area (Å²) in [5.74, 6) is 0.495. The number of nitrogens with zero attached hydrogens (tertiary/aromatic N) is 2. The summed E-state index contributed by atoms with van der Waals surface area (Å²) in [7, 11) is 0. The number of carbonyl (C=O) groups excluding carboxylic acids is 1. The fourth-order valence-corrected chi connectivity index (χ4v) is 2.75. The first-order valence-corrected chi connectivity index (χ1v) is 8.35. The van der Waals surface area contributed by atoms with Crippen molar-refractivity contribution in [1.29, 1.82) is 0 Å². The van der Waals surface area contributed by atoms with Crippen LogP contribution in [0.4, 0.5) is 5.69 Å². The topological polar surface area (TPSA) is 51.7 Å². The Morgan fingerprint density at radius 1 is 1.21 bits per heavy atom. The SMILES string of the molecule is CCN(C(=O)c1ccc(OC2CCOCC2)nc1)c1ccccc1. The first-order chi connectivity index (χ1) is 11.8. The zero-order chi connectivity index (χ0) is 16.8. The molecule has 5 heteroatoms. The quantitative estimate of drug-likeness (QED) is 0.846. The number of anilines is 1. The molecule has 0 aliphatic carbocycles. The van der Waals surface area contributed by atoms with Crippen molar-refractivity contribution in [3.05, 3.63) is 54.2 Å². The van der Waals surface area contributed by atoms with Crippen LogP contribution in [0.5, 0.6) is 5.88 Å². The van der Waals surface area contributed by atoms with Crippen LogP contribution in [0, 0.1) is 0 Å². The van der Waals surface area contributed by atoms with Crippen molar-refractivity contribution in [3.8, 4) is 5.88 Å². The average molecular weight is 326 g/mol. The number of carbonyl (C=O) groups is 1. The van der Waals surface area contributed by atoms with Gasteiger partial charge in [-0.3, -0.25) is 4.79 Å². The van der Waals surface area contributed by atoms with Crippen molar-refractivity contribution in [2.45, 2.75) is 25.9 Å². The molecule has 5 nitrogen and oxygen atoms in total. The Bertz CT molecular complexity index is 652. The molecule has 0 unspecified atom stereocenters. The largest absolute Gasteiger partial charge is 0.474 e. The van der Waals surface area contributed by atoms with Crippen LogP contribution in [0.15, 0.2) is 48.7 Å². The highest BCUT2D eigenvalue weighted by Crippen LogP contribution is 2.19. The van der Waals surface area contributed by atoms with Crippen LogP contribution in [0.25, 0.3) is 0 Å². The van der Waals surface area contributed by atoms with Gasteiger partial charge in [0, 0.05) is 37.3 Å². The Hall–Kier alpha value is -2.40. The smallest absolute Gasteiger partial charge is 0.259 e. The third kappa shape index (κ3) is 3.92. The van der Waals surface area contributed by atoms with Crippen molar-refractivity contribution >= 4 is 11.6 Å². The number of aromatic nitrogens is 1. The van der Waals surface area contributed by atoms with Gasteiger partial charge in [0.05, 0.1) is 18.8 Å². The maximum Gasteiger partial charge on any atom is 0.259 e. The molecule has 0 bridgehead atoms. The van der Waals surface area contributed by atoms with E-state index in [2.05, 4.69) is 4.98 Å². The molecule has 3 rings (SSSR count).